The number of rotatable bonds is 3. The maximum atomic E-state index is 9.34. The third-order valence-corrected chi connectivity index (χ3v) is 3.17. The SMILES string of the molecule is CCc1cc(CO)cc(-n2cnc3ccccc32)n1. The highest BCUT2D eigenvalue weighted by molar-refractivity contribution is 5.76. The van der Waals surface area contributed by atoms with Crippen molar-refractivity contribution in [2.45, 2.75) is 20.0 Å². The molecule has 0 atom stereocenters. The predicted octanol–water partition coefficient (Wildman–Crippen LogP) is 2.48. The first-order chi connectivity index (χ1) is 9.31. The lowest BCUT2D eigenvalue weighted by Gasteiger charge is -2.08. The fourth-order valence-corrected chi connectivity index (χ4v) is 2.17. The standard InChI is InChI=1S/C15H15N3O/c1-2-12-7-11(9-19)8-15(17-12)18-10-16-13-5-3-4-6-14(13)18/h3-8,10,19H,2,9H2,1H3. The number of aliphatic hydroxyl groups excluding tert-OH is 1. The fraction of sp³-hybridized carbons (Fsp3) is 0.200. The van der Waals surface area contributed by atoms with E-state index in [4.69, 9.17) is 0 Å². The number of hydrogen-bond acceptors (Lipinski definition) is 3. The van der Waals surface area contributed by atoms with Crippen LogP contribution in [0.4, 0.5) is 0 Å². The summed E-state index contributed by atoms with van der Waals surface area (Å²) >= 11 is 0. The Kier molecular flexibility index (Phi) is 3.01. The Morgan fingerprint density at radius 3 is 2.84 bits per heavy atom. The normalized spacial score (nSPS) is 11.1. The average molecular weight is 253 g/mol. The molecule has 1 aromatic carbocycles. The molecule has 19 heavy (non-hydrogen) atoms. The van der Waals surface area contributed by atoms with E-state index in [1.165, 1.54) is 0 Å². The van der Waals surface area contributed by atoms with E-state index < -0.39 is 0 Å². The Morgan fingerprint density at radius 1 is 1.21 bits per heavy atom. The molecular formula is C15H15N3O. The zero-order valence-corrected chi connectivity index (χ0v) is 10.7. The van der Waals surface area contributed by atoms with E-state index in [2.05, 4.69) is 16.9 Å². The van der Waals surface area contributed by atoms with Gasteiger partial charge >= 0.3 is 0 Å². The van der Waals surface area contributed by atoms with Crippen molar-refractivity contribution in [1.29, 1.82) is 0 Å². The molecule has 0 saturated heterocycles. The van der Waals surface area contributed by atoms with Crippen molar-refractivity contribution >= 4 is 11.0 Å². The molecule has 0 unspecified atom stereocenters. The molecular weight excluding hydrogens is 238 g/mol. The van der Waals surface area contributed by atoms with E-state index in [0.29, 0.717) is 0 Å². The van der Waals surface area contributed by atoms with Gasteiger partial charge in [-0.25, -0.2) is 9.97 Å². The monoisotopic (exact) mass is 253 g/mol. The van der Waals surface area contributed by atoms with Crippen LogP contribution in [0.5, 0.6) is 0 Å². The van der Waals surface area contributed by atoms with Crippen molar-refractivity contribution < 1.29 is 5.11 Å². The topological polar surface area (TPSA) is 50.9 Å². The maximum Gasteiger partial charge on any atom is 0.138 e. The maximum absolute atomic E-state index is 9.34. The van der Waals surface area contributed by atoms with Crippen LogP contribution in [0.3, 0.4) is 0 Å². The summed E-state index contributed by atoms with van der Waals surface area (Å²) in [6, 6.07) is 11.8. The number of pyridine rings is 1. The molecule has 0 radical (unpaired) electrons. The molecule has 2 heterocycles. The smallest absolute Gasteiger partial charge is 0.138 e. The Balaban J connectivity index is 2.20. The number of para-hydroxylation sites is 2. The van der Waals surface area contributed by atoms with Gasteiger partial charge in [0.15, 0.2) is 0 Å². The summed E-state index contributed by atoms with van der Waals surface area (Å²) in [5.74, 6) is 0.803. The van der Waals surface area contributed by atoms with Gasteiger partial charge in [0.2, 0.25) is 0 Å². The molecule has 2 aromatic heterocycles. The number of aryl methyl sites for hydroxylation is 1. The molecule has 0 spiro atoms. The average Bonchev–Trinajstić information content (AvgIpc) is 2.90. The summed E-state index contributed by atoms with van der Waals surface area (Å²) in [5, 5.41) is 9.34. The van der Waals surface area contributed by atoms with Gasteiger partial charge < -0.3 is 5.11 Å². The van der Waals surface area contributed by atoms with Crippen molar-refractivity contribution in [2.75, 3.05) is 0 Å². The highest BCUT2D eigenvalue weighted by Crippen LogP contribution is 2.18. The Morgan fingerprint density at radius 2 is 2.05 bits per heavy atom. The van der Waals surface area contributed by atoms with Crippen LogP contribution >= 0.6 is 0 Å². The number of fused-ring (bicyclic) bond motifs is 1. The molecule has 3 rings (SSSR count). The quantitative estimate of drug-likeness (QED) is 0.780. The van der Waals surface area contributed by atoms with Crippen molar-refractivity contribution in [3.63, 3.8) is 0 Å². The van der Waals surface area contributed by atoms with Gasteiger partial charge in [-0.3, -0.25) is 4.57 Å². The van der Waals surface area contributed by atoms with Gasteiger partial charge in [-0.1, -0.05) is 19.1 Å². The molecule has 0 fully saturated rings. The van der Waals surface area contributed by atoms with Crippen molar-refractivity contribution in [1.82, 2.24) is 14.5 Å². The largest absolute Gasteiger partial charge is 0.392 e. The Bertz CT molecular complexity index is 696. The summed E-state index contributed by atoms with van der Waals surface area (Å²) < 4.78 is 1.95. The molecule has 3 aromatic rings. The van der Waals surface area contributed by atoms with E-state index in [-0.39, 0.29) is 6.61 Å². The van der Waals surface area contributed by atoms with E-state index in [9.17, 15) is 5.11 Å². The first-order valence-electron chi connectivity index (χ1n) is 6.35. The highest BCUT2D eigenvalue weighted by atomic mass is 16.3. The molecule has 0 aliphatic carbocycles. The van der Waals surface area contributed by atoms with Crippen molar-refractivity contribution in [2.24, 2.45) is 0 Å². The minimum Gasteiger partial charge on any atom is -0.392 e. The lowest BCUT2D eigenvalue weighted by atomic mass is 10.2. The van der Waals surface area contributed by atoms with Crippen LogP contribution in [-0.2, 0) is 13.0 Å². The molecule has 0 saturated carbocycles. The lowest BCUT2D eigenvalue weighted by molar-refractivity contribution is 0.281. The number of aromatic nitrogens is 3. The highest BCUT2D eigenvalue weighted by Gasteiger charge is 2.07. The third kappa shape index (κ3) is 2.11. The number of hydrogen-bond donors (Lipinski definition) is 1. The molecule has 1 N–H and O–H groups in total. The molecule has 4 nitrogen and oxygen atoms in total. The number of nitrogens with zero attached hydrogens (tertiary/aromatic N) is 3. The van der Waals surface area contributed by atoms with Gasteiger partial charge in [0.1, 0.15) is 12.1 Å². The molecule has 0 bridgehead atoms. The van der Waals surface area contributed by atoms with Gasteiger partial charge in [-0.15, -0.1) is 0 Å². The van der Waals surface area contributed by atoms with Crippen LogP contribution in [-0.4, -0.2) is 19.6 Å². The van der Waals surface area contributed by atoms with Gasteiger partial charge in [-0.2, -0.15) is 0 Å². The number of imidazole rings is 1. The molecule has 96 valence electrons. The second-order valence-corrected chi connectivity index (χ2v) is 4.44. The summed E-state index contributed by atoms with van der Waals surface area (Å²) in [6.45, 7) is 2.08. The predicted molar refractivity (Wildman–Crippen MR) is 74.2 cm³/mol. The van der Waals surface area contributed by atoms with Crippen LogP contribution in [0.25, 0.3) is 16.9 Å². The lowest BCUT2D eigenvalue weighted by Crippen LogP contribution is -2.01. The van der Waals surface area contributed by atoms with Gasteiger partial charge in [0.25, 0.3) is 0 Å². The first-order valence-corrected chi connectivity index (χ1v) is 6.35. The fourth-order valence-electron chi connectivity index (χ4n) is 2.17. The minimum atomic E-state index is 0.0230. The van der Waals surface area contributed by atoms with E-state index in [0.717, 1.165) is 34.5 Å². The van der Waals surface area contributed by atoms with Crippen molar-refractivity contribution in [3.05, 3.63) is 54.0 Å². The van der Waals surface area contributed by atoms with E-state index >= 15 is 0 Å². The summed E-state index contributed by atoms with van der Waals surface area (Å²) in [5.41, 5.74) is 3.81. The van der Waals surface area contributed by atoms with Gasteiger partial charge in [0, 0.05) is 5.69 Å². The zero-order chi connectivity index (χ0) is 13.2. The number of aliphatic hydroxyl groups is 1. The second-order valence-electron chi connectivity index (χ2n) is 4.44. The summed E-state index contributed by atoms with van der Waals surface area (Å²) in [6.07, 6.45) is 2.61. The number of benzene rings is 1. The molecule has 0 amide bonds. The second kappa shape index (κ2) is 4.82. The Labute approximate surface area is 111 Å². The first kappa shape index (κ1) is 11.9. The summed E-state index contributed by atoms with van der Waals surface area (Å²) in [4.78, 5) is 8.97. The third-order valence-electron chi connectivity index (χ3n) is 3.17. The van der Waals surface area contributed by atoms with Crippen LogP contribution in [0.2, 0.25) is 0 Å². The van der Waals surface area contributed by atoms with Crippen LogP contribution in [0.1, 0.15) is 18.2 Å². The molecule has 0 aliphatic heterocycles. The van der Waals surface area contributed by atoms with Gasteiger partial charge in [0.05, 0.1) is 17.6 Å². The molecule has 0 aliphatic rings. The zero-order valence-electron chi connectivity index (χ0n) is 10.7. The van der Waals surface area contributed by atoms with Crippen LogP contribution in [0, 0.1) is 0 Å². The van der Waals surface area contributed by atoms with Crippen LogP contribution in [0.15, 0.2) is 42.7 Å². The van der Waals surface area contributed by atoms with E-state index in [1.54, 1.807) is 6.33 Å². The van der Waals surface area contributed by atoms with Gasteiger partial charge in [-0.05, 0) is 36.2 Å². The Hall–Kier alpha value is -2.20. The summed E-state index contributed by atoms with van der Waals surface area (Å²) in [7, 11) is 0. The minimum absolute atomic E-state index is 0.0230. The van der Waals surface area contributed by atoms with Crippen LogP contribution < -0.4 is 0 Å². The molecule has 4 heteroatoms. The van der Waals surface area contributed by atoms with E-state index in [1.807, 2.05) is 41.0 Å². The van der Waals surface area contributed by atoms with Crippen molar-refractivity contribution in [3.8, 4) is 5.82 Å².